The maximum absolute atomic E-state index is 12.8. The first-order valence-electron chi connectivity index (χ1n) is 7.28. The summed E-state index contributed by atoms with van der Waals surface area (Å²) in [7, 11) is 0. The lowest BCUT2D eigenvalue weighted by Crippen LogP contribution is -2.51. The number of aromatic nitrogens is 1. The van der Waals surface area contributed by atoms with Crippen molar-refractivity contribution in [2.24, 2.45) is 0 Å². The van der Waals surface area contributed by atoms with Crippen molar-refractivity contribution in [3.63, 3.8) is 0 Å². The summed E-state index contributed by atoms with van der Waals surface area (Å²) in [5.74, 6) is -0.193. The molecule has 0 bridgehead atoms. The lowest BCUT2D eigenvalue weighted by atomic mass is 9.84. The normalized spacial score (nSPS) is 11.5. The van der Waals surface area contributed by atoms with Crippen LogP contribution in [0.15, 0.2) is 28.7 Å². The van der Waals surface area contributed by atoms with Crippen LogP contribution in [0.1, 0.15) is 50.2 Å². The SMILES string of the molecule is CCCC(CCC)(NC=O)C(=O)c1nc2ccccc2o1. The monoisotopic (exact) mass is 288 g/mol. The molecule has 0 fully saturated rings. The van der Waals surface area contributed by atoms with E-state index in [2.05, 4.69) is 10.3 Å². The second-order valence-corrected chi connectivity index (χ2v) is 5.16. The van der Waals surface area contributed by atoms with Crippen LogP contribution in [0.3, 0.4) is 0 Å². The summed E-state index contributed by atoms with van der Waals surface area (Å²) in [6, 6.07) is 7.24. The van der Waals surface area contributed by atoms with E-state index in [-0.39, 0.29) is 11.7 Å². The summed E-state index contributed by atoms with van der Waals surface area (Å²) in [5.41, 5.74) is 0.300. The van der Waals surface area contributed by atoms with Gasteiger partial charge in [0.05, 0.1) is 0 Å². The van der Waals surface area contributed by atoms with E-state index >= 15 is 0 Å². The highest BCUT2D eigenvalue weighted by Crippen LogP contribution is 2.26. The second-order valence-electron chi connectivity index (χ2n) is 5.16. The van der Waals surface area contributed by atoms with Crippen LogP contribution in [0.5, 0.6) is 0 Å². The third-order valence-electron chi connectivity index (χ3n) is 3.61. The molecule has 2 rings (SSSR count). The standard InChI is InChI=1S/C16H20N2O3/c1-3-9-16(10-4-2,17-11-19)14(20)15-18-12-7-5-6-8-13(12)21-15/h5-8,11H,3-4,9-10H2,1-2H3,(H,17,19). The summed E-state index contributed by atoms with van der Waals surface area (Å²) >= 11 is 0. The van der Waals surface area contributed by atoms with Crippen LogP contribution < -0.4 is 5.32 Å². The maximum atomic E-state index is 12.8. The van der Waals surface area contributed by atoms with Crippen LogP contribution >= 0.6 is 0 Å². The number of carbonyl (C=O) groups is 2. The fraction of sp³-hybridized carbons (Fsp3) is 0.438. The number of nitrogens with zero attached hydrogens (tertiary/aromatic N) is 1. The van der Waals surface area contributed by atoms with Crippen LogP contribution in [-0.2, 0) is 4.79 Å². The van der Waals surface area contributed by atoms with E-state index in [1.807, 2.05) is 26.0 Å². The van der Waals surface area contributed by atoms with Crippen LogP contribution in [0.4, 0.5) is 0 Å². The van der Waals surface area contributed by atoms with Gasteiger partial charge in [-0.3, -0.25) is 9.59 Å². The first-order valence-corrected chi connectivity index (χ1v) is 7.28. The average Bonchev–Trinajstić information content (AvgIpc) is 2.91. The topological polar surface area (TPSA) is 72.2 Å². The Morgan fingerprint density at radius 3 is 2.52 bits per heavy atom. The number of carbonyl (C=O) groups excluding carboxylic acids is 2. The molecule has 0 saturated heterocycles. The molecule has 0 aliphatic heterocycles. The first-order chi connectivity index (χ1) is 10.2. The fourth-order valence-electron chi connectivity index (χ4n) is 2.70. The van der Waals surface area contributed by atoms with Gasteiger partial charge in [-0.2, -0.15) is 0 Å². The lowest BCUT2D eigenvalue weighted by Gasteiger charge is -2.30. The third kappa shape index (κ3) is 2.96. The van der Waals surface area contributed by atoms with E-state index < -0.39 is 5.54 Å². The van der Waals surface area contributed by atoms with E-state index in [9.17, 15) is 9.59 Å². The van der Waals surface area contributed by atoms with Gasteiger partial charge in [-0.25, -0.2) is 4.98 Å². The van der Waals surface area contributed by atoms with E-state index in [1.54, 1.807) is 12.1 Å². The van der Waals surface area contributed by atoms with Gasteiger partial charge in [0, 0.05) is 0 Å². The number of hydrogen-bond acceptors (Lipinski definition) is 4. The molecule has 5 nitrogen and oxygen atoms in total. The molecule has 1 aromatic carbocycles. The molecule has 1 aromatic heterocycles. The average molecular weight is 288 g/mol. The van der Waals surface area contributed by atoms with Crippen LogP contribution in [0.2, 0.25) is 0 Å². The Labute approximate surface area is 123 Å². The molecule has 2 aromatic rings. The number of amides is 1. The molecule has 1 amide bonds. The van der Waals surface area contributed by atoms with Crippen molar-refractivity contribution in [1.82, 2.24) is 10.3 Å². The molecule has 5 heteroatoms. The molecule has 21 heavy (non-hydrogen) atoms. The molecule has 0 aliphatic carbocycles. The number of para-hydroxylation sites is 2. The number of hydrogen-bond donors (Lipinski definition) is 1. The van der Waals surface area contributed by atoms with Gasteiger partial charge in [0.15, 0.2) is 5.58 Å². The van der Waals surface area contributed by atoms with Crippen molar-refractivity contribution in [3.8, 4) is 0 Å². The van der Waals surface area contributed by atoms with Crippen molar-refractivity contribution in [2.75, 3.05) is 0 Å². The number of nitrogens with one attached hydrogen (secondary N) is 1. The zero-order chi connectivity index (χ0) is 15.3. The van der Waals surface area contributed by atoms with Crippen LogP contribution in [-0.4, -0.2) is 22.7 Å². The van der Waals surface area contributed by atoms with Crippen LogP contribution in [0.25, 0.3) is 11.1 Å². The van der Waals surface area contributed by atoms with Gasteiger partial charge < -0.3 is 9.73 Å². The summed E-state index contributed by atoms with van der Waals surface area (Å²) < 4.78 is 5.56. The molecule has 0 atom stereocenters. The minimum Gasteiger partial charge on any atom is -0.434 e. The Kier molecular flexibility index (Phi) is 4.73. The summed E-state index contributed by atoms with van der Waals surface area (Å²) in [6.45, 7) is 3.96. The Morgan fingerprint density at radius 1 is 1.29 bits per heavy atom. The molecule has 0 spiro atoms. The number of oxazole rings is 1. The van der Waals surface area contributed by atoms with Crippen molar-refractivity contribution in [1.29, 1.82) is 0 Å². The van der Waals surface area contributed by atoms with Gasteiger partial charge in [-0.1, -0.05) is 38.8 Å². The molecule has 0 unspecified atom stereocenters. The van der Waals surface area contributed by atoms with E-state index in [0.717, 1.165) is 12.8 Å². The van der Waals surface area contributed by atoms with Gasteiger partial charge in [-0.15, -0.1) is 0 Å². The van der Waals surface area contributed by atoms with Crippen molar-refractivity contribution in [2.45, 2.75) is 45.1 Å². The van der Waals surface area contributed by atoms with E-state index in [4.69, 9.17) is 4.42 Å². The van der Waals surface area contributed by atoms with E-state index in [1.165, 1.54) is 0 Å². The maximum Gasteiger partial charge on any atom is 0.266 e. The summed E-state index contributed by atoms with van der Waals surface area (Å²) in [6.07, 6.45) is 3.29. The van der Waals surface area contributed by atoms with Gasteiger partial charge in [0.25, 0.3) is 5.89 Å². The number of ketones is 1. The van der Waals surface area contributed by atoms with Crippen molar-refractivity contribution in [3.05, 3.63) is 30.2 Å². The van der Waals surface area contributed by atoms with Crippen molar-refractivity contribution < 1.29 is 14.0 Å². The molecular formula is C16H20N2O3. The molecule has 1 N–H and O–H groups in total. The van der Waals surface area contributed by atoms with Gasteiger partial charge >= 0.3 is 0 Å². The zero-order valence-electron chi connectivity index (χ0n) is 12.4. The summed E-state index contributed by atoms with van der Waals surface area (Å²) in [5, 5.41) is 2.71. The van der Waals surface area contributed by atoms with Gasteiger partial charge in [0.1, 0.15) is 11.1 Å². The largest absolute Gasteiger partial charge is 0.434 e. The predicted molar refractivity (Wildman–Crippen MR) is 80.1 cm³/mol. The molecule has 0 saturated carbocycles. The Balaban J connectivity index is 2.42. The molecule has 0 radical (unpaired) electrons. The molecule has 1 heterocycles. The zero-order valence-corrected chi connectivity index (χ0v) is 12.4. The lowest BCUT2D eigenvalue weighted by molar-refractivity contribution is -0.111. The third-order valence-corrected chi connectivity index (χ3v) is 3.61. The Morgan fingerprint density at radius 2 is 1.95 bits per heavy atom. The number of rotatable bonds is 8. The minimum atomic E-state index is -0.924. The number of Topliss-reactive ketones (excluding diaryl/α,β-unsaturated/α-hetero) is 1. The second kappa shape index (κ2) is 6.52. The minimum absolute atomic E-state index is 0.0625. The highest BCUT2D eigenvalue weighted by Gasteiger charge is 2.39. The highest BCUT2D eigenvalue weighted by molar-refractivity contribution is 6.02. The number of fused-ring (bicyclic) bond motifs is 1. The van der Waals surface area contributed by atoms with E-state index in [0.29, 0.717) is 30.4 Å². The number of benzene rings is 1. The fourth-order valence-corrected chi connectivity index (χ4v) is 2.70. The van der Waals surface area contributed by atoms with Gasteiger partial charge in [-0.05, 0) is 25.0 Å². The molecule has 0 aliphatic rings. The Bertz CT molecular complexity index is 594. The molecule has 112 valence electrons. The predicted octanol–water partition coefficient (Wildman–Crippen LogP) is 3.10. The van der Waals surface area contributed by atoms with Crippen molar-refractivity contribution >= 4 is 23.3 Å². The van der Waals surface area contributed by atoms with Crippen LogP contribution in [0, 0.1) is 0 Å². The van der Waals surface area contributed by atoms with Gasteiger partial charge in [0.2, 0.25) is 12.2 Å². The quantitative estimate of drug-likeness (QED) is 0.598. The smallest absolute Gasteiger partial charge is 0.266 e. The summed E-state index contributed by atoms with van der Waals surface area (Å²) in [4.78, 5) is 28.0. The Hall–Kier alpha value is -2.17. The first kappa shape index (κ1) is 15.2. The highest BCUT2D eigenvalue weighted by atomic mass is 16.4. The molecular weight excluding hydrogens is 268 g/mol.